The van der Waals surface area contributed by atoms with Crippen LogP contribution in [0.3, 0.4) is 0 Å². The van der Waals surface area contributed by atoms with Gasteiger partial charge in [0.25, 0.3) is 5.91 Å². The van der Waals surface area contributed by atoms with Crippen LogP contribution < -0.4 is 25.2 Å². The van der Waals surface area contributed by atoms with Gasteiger partial charge in [0.1, 0.15) is 11.9 Å². The summed E-state index contributed by atoms with van der Waals surface area (Å²) in [6.45, 7) is 2.92. The molecule has 1 aliphatic heterocycles. The normalized spacial score (nSPS) is 19.9. The Kier molecular flexibility index (Phi) is 8.11. The summed E-state index contributed by atoms with van der Waals surface area (Å²) in [7, 11) is 1.37. The van der Waals surface area contributed by atoms with Crippen LogP contribution in [-0.4, -0.2) is 73.0 Å². The van der Waals surface area contributed by atoms with Gasteiger partial charge in [-0.2, -0.15) is 4.98 Å². The highest BCUT2D eigenvalue weighted by molar-refractivity contribution is 5.89. The van der Waals surface area contributed by atoms with E-state index in [1.165, 1.54) is 7.11 Å². The summed E-state index contributed by atoms with van der Waals surface area (Å²) in [5.41, 5.74) is 2.19. The van der Waals surface area contributed by atoms with Gasteiger partial charge >= 0.3 is 0 Å². The molecular formula is C26H32N6O5. The number of amides is 1. The first-order valence-electron chi connectivity index (χ1n) is 12.6. The SMILES string of the molecule is CONC(=O)COc1cnc(NC2CCC(Oc3nc(N4CCOCC4)cc4ccccc34)CC2)nc1. The van der Waals surface area contributed by atoms with E-state index in [9.17, 15) is 4.79 Å². The number of ether oxygens (including phenoxy) is 3. The molecule has 3 aromatic rings. The lowest BCUT2D eigenvalue weighted by molar-refractivity contribution is -0.133. The number of pyridine rings is 1. The minimum atomic E-state index is -0.389. The van der Waals surface area contributed by atoms with Crippen molar-refractivity contribution in [2.45, 2.75) is 37.8 Å². The molecule has 3 heterocycles. The predicted octanol–water partition coefficient (Wildman–Crippen LogP) is 2.72. The Morgan fingerprint density at radius 2 is 1.86 bits per heavy atom. The van der Waals surface area contributed by atoms with E-state index in [2.05, 4.69) is 48.7 Å². The first-order valence-corrected chi connectivity index (χ1v) is 12.6. The van der Waals surface area contributed by atoms with Crippen LogP contribution >= 0.6 is 0 Å². The van der Waals surface area contributed by atoms with Gasteiger partial charge in [0.15, 0.2) is 12.4 Å². The predicted molar refractivity (Wildman–Crippen MR) is 138 cm³/mol. The molecule has 1 saturated carbocycles. The molecule has 1 amide bonds. The van der Waals surface area contributed by atoms with Crippen molar-refractivity contribution in [3.8, 4) is 11.6 Å². The summed E-state index contributed by atoms with van der Waals surface area (Å²) in [6, 6.07) is 10.6. The maximum Gasteiger partial charge on any atom is 0.281 e. The van der Waals surface area contributed by atoms with Crippen LogP contribution in [0, 0.1) is 0 Å². The summed E-state index contributed by atoms with van der Waals surface area (Å²) in [5.74, 6) is 2.20. The molecule has 2 N–H and O–H groups in total. The highest BCUT2D eigenvalue weighted by Crippen LogP contribution is 2.32. The van der Waals surface area contributed by atoms with Crippen molar-refractivity contribution in [3.63, 3.8) is 0 Å². The third kappa shape index (κ3) is 6.55. The van der Waals surface area contributed by atoms with Crippen molar-refractivity contribution in [1.82, 2.24) is 20.4 Å². The van der Waals surface area contributed by atoms with Gasteiger partial charge < -0.3 is 24.4 Å². The van der Waals surface area contributed by atoms with Crippen molar-refractivity contribution in [1.29, 1.82) is 0 Å². The number of hydrogen-bond donors (Lipinski definition) is 2. The highest BCUT2D eigenvalue weighted by atomic mass is 16.6. The molecule has 2 aliphatic rings. The number of anilines is 2. The zero-order valence-electron chi connectivity index (χ0n) is 20.9. The standard InChI is InChI=1S/C26H32N6O5/c1-34-31-24(33)17-36-21-15-27-26(28-16-21)29-19-6-8-20(9-7-19)37-25-22-5-3-2-4-18(22)14-23(30-25)32-10-12-35-13-11-32/h2-5,14-16,19-20H,6-13,17H2,1H3,(H,31,33)(H,27,28,29). The second kappa shape index (κ2) is 12.0. The Bertz CT molecular complexity index is 1180. The lowest BCUT2D eigenvalue weighted by atomic mass is 9.93. The van der Waals surface area contributed by atoms with E-state index in [-0.39, 0.29) is 24.7 Å². The van der Waals surface area contributed by atoms with E-state index >= 15 is 0 Å². The number of aromatic nitrogens is 3. The number of fused-ring (bicyclic) bond motifs is 1. The van der Waals surface area contributed by atoms with Crippen molar-refractivity contribution >= 4 is 28.4 Å². The molecule has 2 aromatic heterocycles. The van der Waals surface area contributed by atoms with Crippen LogP contribution in [-0.2, 0) is 14.4 Å². The average Bonchev–Trinajstić information content (AvgIpc) is 2.94. The number of rotatable bonds is 9. The number of carbonyl (C=O) groups excluding carboxylic acids is 1. The number of carbonyl (C=O) groups is 1. The molecule has 11 nitrogen and oxygen atoms in total. The fourth-order valence-corrected chi connectivity index (χ4v) is 4.62. The Morgan fingerprint density at radius 3 is 2.62 bits per heavy atom. The van der Waals surface area contributed by atoms with Crippen LogP contribution in [0.15, 0.2) is 42.7 Å². The Balaban J connectivity index is 1.16. The summed E-state index contributed by atoms with van der Waals surface area (Å²) < 4.78 is 17.3. The van der Waals surface area contributed by atoms with Crippen molar-refractivity contribution < 1.29 is 23.8 Å². The number of nitrogens with one attached hydrogen (secondary N) is 2. The van der Waals surface area contributed by atoms with Gasteiger partial charge in [-0.15, -0.1) is 0 Å². The van der Waals surface area contributed by atoms with E-state index in [1.807, 2.05) is 12.1 Å². The highest BCUT2D eigenvalue weighted by Gasteiger charge is 2.25. The molecule has 37 heavy (non-hydrogen) atoms. The number of benzene rings is 1. The smallest absolute Gasteiger partial charge is 0.281 e. The maximum atomic E-state index is 11.4. The van der Waals surface area contributed by atoms with Crippen LogP contribution in [0.4, 0.5) is 11.8 Å². The van der Waals surface area contributed by atoms with Gasteiger partial charge in [-0.1, -0.05) is 18.2 Å². The molecule has 11 heteroatoms. The largest absolute Gasteiger partial charge is 0.480 e. The van der Waals surface area contributed by atoms with Crippen LogP contribution in [0.25, 0.3) is 10.8 Å². The quantitative estimate of drug-likeness (QED) is 0.418. The van der Waals surface area contributed by atoms with Crippen LogP contribution in [0.5, 0.6) is 11.6 Å². The topological polar surface area (TPSA) is 120 Å². The van der Waals surface area contributed by atoms with E-state index < -0.39 is 0 Å². The molecule has 0 radical (unpaired) electrons. The molecule has 5 rings (SSSR count). The minimum absolute atomic E-state index is 0.101. The summed E-state index contributed by atoms with van der Waals surface area (Å²) in [6.07, 6.45) is 6.87. The summed E-state index contributed by atoms with van der Waals surface area (Å²) in [5, 5.41) is 5.56. The number of morpholine rings is 1. The molecule has 0 unspecified atom stereocenters. The lowest BCUT2D eigenvalue weighted by Gasteiger charge is -2.31. The van der Waals surface area contributed by atoms with E-state index in [1.54, 1.807) is 12.4 Å². The zero-order valence-corrected chi connectivity index (χ0v) is 20.9. The first-order chi connectivity index (χ1) is 18.2. The third-order valence-corrected chi connectivity index (χ3v) is 6.53. The zero-order chi connectivity index (χ0) is 25.5. The van der Waals surface area contributed by atoms with E-state index in [4.69, 9.17) is 19.2 Å². The fourth-order valence-electron chi connectivity index (χ4n) is 4.62. The Hall–Kier alpha value is -3.70. The van der Waals surface area contributed by atoms with Gasteiger partial charge in [0.2, 0.25) is 11.8 Å². The number of hydrogen-bond acceptors (Lipinski definition) is 10. The third-order valence-electron chi connectivity index (χ3n) is 6.53. The summed E-state index contributed by atoms with van der Waals surface area (Å²) >= 11 is 0. The van der Waals surface area contributed by atoms with Crippen molar-refractivity contribution in [3.05, 3.63) is 42.7 Å². The second-order valence-electron chi connectivity index (χ2n) is 9.10. The second-order valence-corrected chi connectivity index (χ2v) is 9.10. The molecule has 0 spiro atoms. The molecule has 2 fully saturated rings. The molecule has 0 atom stereocenters. The van der Waals surface area contributed by atoms with E-state index in [0.717, 1.165) is 55.4 Å². The first kappa shape index (κ1) is 25.0. The Morgan fingerprint density at radius 1 is 1.11 bits per heavy atom. The maximum absolute atomic E-state index is 11.4. The Labute approximate surface area is 215 Å². The van der Waals surface area contributed by atoms with Gasteiger partial charge in [0.05, 0.1) is 32.7 Å². The molecule has 1 saturated heterocycles. The fraction of sp³-hybridized carbons (Fsp3) is 0.462. The van der Waals surface area contributed by atoms with Crippen molar-refractivity contribution in [2.75, 3.05) is 50.2 Å². The van der Waals surface area contributed by atoms with Gasteiger partial charge in [0, 0.05) is 24.5 Å². The molecule has 1 aromatic carbocycles. The van der Waals surface area contributed by atoms with Gasteiger partial charge in [-0.25, -0.2) is 15.4 Å². The summed E-state index contributed by atoms with van der Waals surface area (Å²) in [4.78, 5) is 31.7. The lowest BCUT2D eigenvalue weighted by Crippen LogP contribution is -2.37. The molecule has 1 aliphatic carbocycles. The number of nitrogens with zero attached hydrogens (tertiary/aromatic N) is 4. The van der Waals surface area contributed by atoms with E-state index in [0.29, 0.717) is 30.8 Å². The van der Waals surface area contributed by atoms with Crippen LogP contribution in [0.1, 0.15) is 25.7 Å². The van der Waals surface area contributed by atoms with Gasteiger partial charge in [-0.3, -0.25) is 9.63 Å². The monoisotopic (exact) mass is 508 g/mol. The molecule has 0 bridgehead atoms. The van der Waals surface area contributed by atoms with Gasteiger partial charge in [-0.05, 0) is 43.2 Å². The number of hydroxylamine groups is 1. The minimum Gasteiger partial charge on any atom is -0.480 e. The molecular weight excluding hydrogens is 476 g/mol. The van der Waals surface area contributed by atoms with Crippen molar-refractivity contribution in [2.24, 2.45) is 0 Å². The molecule has 196 valence electrons. The average molecular weight is 509 g/mol. The van der Waals surface area contributed by atoms with Crippen LogP contribution in [0.2, 0.25) is 0 Å².